The number of rotatable bonds is 2. The van der Waals surface area contributed by atoms with E-state index in [0.717, 1.165) is 0 Å². The smallest absolute Gasteiger partial charge is 0.270 e. The van der Waals surface area contributed by atoms with Crippen LogP contribution in [-0.2, 0) is 17.1 Å². The summed E-state index contributed by atoms with van der Waals surface area (Å²) >= 11 is 0. The number of ether oxygens (including phenoxy) is 1. The Labute approximate surface area is 123 Å². The van der Waals surface area contributed by atoms with Crippen molar-refractivity contribution < 1.29 is 13.2 Å². The summed E-state index contributed by atoms with van der Waals surface area (Å²) in [6, 6.07) is 7.04. The lowest BCUT2D eigenvalue weighted by molar-refractivity contribution is 0.316. The van der Waals surface area contributed by atoms with Crippen LogP contribution >= 0.6 is 0 Å². The number of aromatic nitrogens is 2. The zero-order chi connectivity index (χ0) is 15.2. The largest absolute Gasteiger partial charge is 0.489 e. The molecule has 0 aliphatic carbocycles. The Bertz CT molecular complexity index is 798. The molecule has 2 heterocycles. The number of nitrogens with zero attached hydrogens (tertiary/aromatic N) is 3. The quantitative estimate of drug-likeness (QED) is 0.890. The fraction of sp³-hybridized carbons (Fsp3) is 0.308. The third kappa shape index (κ3) is 2.02. The van der Waals surface area contributed by atoms with Crippen molar-refractivity contribution in [2.24, 2.45) is 7.05 Å². The summed E-state index contributed by atoms with van der Waals surface area (Å²) in [5, 5.41) is 3.99. The molecule has 2 N–H and O–H groups in total. The van der Waals surface area contributed by atoms with Gasteiger partial charge in [-0.05, 0) is 19.1 Å². The third-order valence-electron chi connectivity index (χ3n) is 3.54. The number of hydrogen-bond donors (Lipinski definition) is 1. The van der Waals surface area contributed by atoms with Gasteiger partial charge in [0, 0.05) is 7.05 Å². The number of hydrogen-bond acceptors (Lipinski definition) is 5. The van der Waals surface area contributed by atoms with Crippen LogP contribution in [0.2, 0.25) is 0 Å². The van der Waals surface area contributed by atoms with Gasteiger partial charge in [-0.25, -0.2) is 8.42 Å². The summed E-state index contributed by atoms with van der Waals surface area (Å²) in [4.78, 5) is 0.0571. The highest BCUT2D eigenvalue weighted by Crippen LogP contribution is 2.36. The second-order valence-electron chi connectivity index (χ2n) is 4.82. The van der Waals surface area contributed by atoms with Gasteiger partial charge in [0.1, 0.15) is 12.4 Å². The number of nitrogen functional groups attached to an aromatic ring is 1. The van der Waals surface area contributed by atoms with Crippen LogP contribution in [0.25, 0.3) is 0 Å². The van der Waals surface area contributed by atoms with Gasteiger partial charge in [-0.3, -0.25) is 8.99 Å². The topological polar surface area (TPSA) is 90.4 Å². The lowest BCUT2D eigenvalue weighted by Crippen LogP contribution is -2.38. The molecule has 7 nitrogen and oxygen atoms in total. The first-order valence-corrected chi connectivity index (χ1v) is 7.90. The van der Waals surface area contributed by atoms with Crippen molar-refractivity contribution in [2.75, 3.05) is 23.2 Å². The molecule has 0 fully saturated rings. The first-order chi connectivity index (χ1) is 9.93. The van der Waals surface area contributed by atoms with Crippen LogP contribution in [-0.4, -0.2) is 31.3 Å². The minimum absolute atomic E-state index is 0.0129. The number of para-hydroxylation sites is 2. The predicted molar refractivity (Wildman–Crippen MR) is 78.8 cm³/mol. The molecule has 1 aliphatic heterocycles. The Morgan fingerprint density at radius 3 is 2.71 bits per heavy atom. The molecule has 0 saturated heterocycles. The zero-order valence-corrected chi connectivity index (χ0v) is 12.6. The van der Waals surface area contributed by atoms with Crippen molar-refractivity contribution in [3.63, 3.8) is 0 Å². The highest BCUT2D eigenvalue weighted by Gasteiger charge is 2.34. The number of sulfonamides is 1. The Balaban J connectivity index is 2.16. The maximum Gasteiger partial charge on any atom is 0.270 e. The van der Waals surface area contributed by atoms with Crippen molar-refractivity contribution >= 4 is 21.5 Å². The van der Waals surface area contributed by atoms with Gasteiger partial charge < -0.3 is 10.5 Å². The van der Waals surface area contributed by atoms with E-state index in [1.165, 1.54) is 8.99 Å². The summed E-state index contributed by atoms with van der Waals surface area (Å²) in [7, 11) is -2.11. The van der Waals surface area contributed by atoms with Gasteiger partial charge in [-0.1, -0.05) is 12.1 Å². The minimum Gasteiger partial charge on any atom is -0.489 e. The molecule has 0 amide bonds. The van der Waals surface area contributed by atoms with Gasteiger partial charge in [-0.15, -0.1) is 0 Å². The van der Waals surface area contributed by atoms with Gasteiger partial charge in [0.05, 0.1) is 17.9 Å². The molecule has 0 atom stereocenters. The molecule has 1 aliphatic rings. The van der Waals surface area contributed by atoms with Gasteiger partial charge in [0.25, 0.3) is 10.0 Å². The monoisotopic (exact) mass is 308 g/mol. The van der Waals surface area contributed by atoms with E-state index >= 15 is 0 Å². The SMILES string of the molecule is Cc1c(S(=O)(=O)N2CCOc3ccccc32)c(N)nn1C. The molecule has 0 radical (unpaired) electrons. The van der Waals surface area contributed by atoms with Crippen LogP contribution in [0, 0.1) is 6.92 Å². The second-order valence-corrected chi connectivity index (χ2v) is 6.62. The van der Waals surface area contributed by atoms with Crippen LogP contribution in [0.3, 0.4) is 0 Å². The molecule has 2 aromatic rings. The van der Waals surface area contributed by atoms with Gasteiger partial charge >= 0.3 is 0 Å². The van der Waals surface area contributed by atoms with E-state index in [9.17, 15) is 8.42 Å². The Hall–Kier alpha value is -2.22. The van der Waals surface area contributed by atoms with E-state index in [0.29, 0.717) is 23.7 Å². The molecule has 0 unspecified atom stereocenters. The number of aryl methyl sites for hydroxylation is 1. The molecule has 112 valence electrons. The second kappa shape index (κ2) is 4.66. The number of nitrogens with two attached hydrogens (primary N) is 1. The van der Waals surface area contributed by atoms with Crippen LogP contribution in [0.4, 0.5) is 11.5 Å². The average molecular weight is 308 g/mol. The predicted octanol–water partition coefficient (Wildman–Crippen LogP) is 0.898. The molecule has 1 aromatic carbocycles. The van der Waals surface area contributed by atoms with Crippen molar-refractivity contribution in [2.45, 2.75) is 11.8 Å². The molecule has 1 aromatic heterocycles. The zero-order valence-electron chi connectivity index (χ0n) is 11.8. The standard InChI is InChI=1S/C13H16N4O3S/c1-9-12(13(14)15-16(9)2)21(18,19)17-7-8-20-11-6-4-3-5-10(11)17/h3-6H,7-8H2,1-2H3,(H2,14,15). The van der Waals surface area contributed by atoms with Crippen LogP contribution in [0.15, 0.2) is 29.2 Å². The minimum atomic E-state index is -3.77. The van der Waals surface area contributed by atoms with Gasteiger partial charge in [-0.2, -0.15) is 5.10 Å². The maximum atomic E-state index is 12.9. The lowest BCUT2D eigenvalue weighted by Gasteiger charge is -2.30. The number of fused-ring (bicyclic) bond motifs is 1. The maximum absolute atomic E-state index is 12.9. The van der Waals surface area contributed by atoms with E-state index in [1.807, 2.05) is 0 Å². The molecular formula is C13H16N4O3S. The molecule has 3 rings (SSSR count). The normalized spacial score (nSPS) is 14.7. The molecule has 0 spiro atoms. The lowest BCUT2D eigenvalue weighted by atomic mass is 10.2. The Morgan fingerprint density at radius 1 is 1.33 bits per heavy atom. The molecule has 0 saturated carbocycles. The summed E-state index contributed by atoms with van der Waals surface area (Å²) < 4.78 is 34.2. The Morgan fingerprint density at radius 2 is 2.05 bits per heavy atom. The van der Waals surface area contributed by atoms with Gasteiger partial charge in [0.15, 0.2) is 10.7 Å². The van der Waals surface area contributed by atoms with Gasteiger partial charge in [0.2, 0.25) is 0 Å². The Kier molecular flexibility index (Phi) is 3.05. The van der Waals surface area contributed by atoms with E-state index in [2.05, 4.69) is 5.10 Å². The number of anilines is 2. The van der Waals surface area contributed by atoms with E-state index in [4.69, 9.17) is 10.5 Å². The highest BCUT2D eigenvalue weighted by atomic mass is 32.2. The van der Waals surface area contributed by atoms with E-state index < -0.39 is 10.0 Å². The molecular weight excluding hydrogens is 292 g/mol. The van der Waals surface area contributed by atoms with Crippen molar-refractivity contribution in [3.8, 4) is 5.75 Å². The van der Waals surface area contributed by atoms with Crippen LogP contribution in [0.5, 0.6) is 5.75 Å². The molecule has 0 bridgehead atoms. The number of benzene rings is 1. The molecule has 8 heteroatoms. The highest BCUT2D eigenvalue weighted by molar-refractivity contribution is 7.93. The van der Waals surface area contributed by atoms with E-state index in [-0.39, 0.29) is 17.3 Å². The fourth-order valence-electron chi connectivity index (χ4n) is 2.44. The summed E-state index contributed by atoms with van der Waals surface area (Å²) in [6.45, 7) is 2.23. The molecule has 21 heavy (non-hydrogen) atoms. The third-order valence-corrected chi connectivity index (χ3v) is 5.52. The van der Waals surface area contributed by atoms with E-state index in [1.54, 1.807) is 38.2 Å². The van der Waals surface area contributed by atoms with Crippen LogP contribution < -0.4 is 14.8 Å². The van der Waals surface area contributed by atoms with Crippen molar-refractivity contribution in [3.05, 3.63) is 30.0 Å². The fourth-order valence-corrected chi connectivity index (χ4v) is 4.19. The summed E-state index contributed by atoms with van der Waals surface area (Å²) in [5.74, 6) is 0.561. The van der Waals surface area contributed by atoms with Crippen LogP contribution in [0.1, 0.15) is 5.69 Å². The first-order valence-electron chi connectivity index (χ1n) is 6.46. The van der Waals surface area contributed by atoms with Crippen molar-refractivity contribution in [1.82, 2.24) is 9.78 Å². The summed E-state index contributed by atoms with van der Waals surface area (Å²) in [5.41, 5.74) is 6.82. The first kappa shape index (κ1) is 13.7. The summed E-state index contributed by atoms with van der Waals surface area (Å²) in [6.07, 6.45) is 0. The average Bonchev–Trinajstić information content (AvgIpc) is 2.71. The van der Waals surface area contributed by atoms with Crippen molar-refractivity contribution in [1.29, 1.82) is 0 Å².